The van der Waals surface area contributed by atoms with Gasteiger partial charge in [0.2, 0.25) is 11.8 Å². The minimum absolute atomic E-state index is 0. The van der Waals surface area contributed by atoms with Gasteiger partial charge in [-0.15, -0.1) is 12.4 Å². The molecule has 2 rings (SSSR count). The number of aryl methyl sites for hydroxylation is 1. The van der Waals surface area contributed by atoms with Gasteiger partial charge >= 0.3 is 12.0 Å². The van der Waals surface area contributed by atoms with Gasteiger partial charge in [0, 0.05) is 17.3 Å². The van der Waals surface area contributed by atoms with Gasteiger partial charge in [0.15, 0.2) is 0 Å². The van der Waals surface area contributed by atoms with Crippen LogP contribution in [0, 0.1) is 18.3 Å². The minimum atomic E-state index is -0.805. The van der Waals surface area contributed by atoms with Crippen LogP contribution in [0.25, 0.3) is 0 Å². The number of halogens is 1. The molecular weight excluding hydrogens is 444 g/mol. The van der Waals surface area contributed by atoms with Crippen molar-refractivity contribution >= 4 is 36.2 Å². The fourth-order valence-corrected chi connectivity index (χ4v) is 2.37. The molecule has 0 aliphatic carbocycles. The number of hydrogen-bond acceptors (Lipinski definition) is 7. The second-order valence-electron chi connectivity index (χ2n) is 6.55. The molecule has 2 amide bonds. The van der Waals surface area contributed by atoms with Crippen LogP contribution in [0.5, 0.6) is 11.6 Å². The van der Waals surface area contributed by atoms with E-state index in [1.807, 2.05) is 0 Å². The monoisotopic (exact) mass is 472 g/mol. The van der Waals surface area contributed by atoms with Gasteiger partial charge in [0.1, 0.15) is 17.6 Å². The summed E-state index contributed by atoms with van der Waals surface area (Å²) >= 11 is 0. The van der Waals surface area contributed by atoms with E-state index in [0.717, 1.165) is 0 Å². The third kappa shape index (κ3) is 8.71. The Hall–Kier alpha value is -3.48. The van der Waals surface area contributed by atoms with Crippen LogP contribution in [0.1, 0.15) is 25.1 Å². The molecule has 0 bridgehead atoms. The molecule has 0 aliphatic heterocycles. The Bertz CT molecular complexity index is 910. The van der Waals surface area contributed by atoms with E-state index in [1.54, 1.807) is 51.1 Å². The van der Waals surface area contributed by atoms with Crippen molar-refractivity contribution in [1.29, 1.82) is 5.41 Å². The first kappa shape index (κ1) is 30.7. The molecular formula is C19H29ClN6O6. The van der Waals surface area contributed by atoms with Gasteiger partial charge in [0.25, 0.3) is 0 Å². The number of ether oxygens (including phenoxy) is 2. The van der Waals surface area contributed by atoms with E-state index in [4.69, 9.17) is 20.6 Å². The zero-order valence-electron chi connectivity index (χ0n) is 18.1. The number of esters is 1. The molecule has 0 aliphatic rings. The Morgan fingerprint density at radius 1 is 1.12 bits per heavy atom. The SMILES string of the molecule is COC(=O)[C@H](NC(=O)Nc1nc(C)cc(Oc2ccc(C(=N)N)cc2)n1)C(C)C.Cl.O.O. The van der Waals surface area contributed by atoms with Gasteiger partial charge in [-0.2, -0.15) is 4.98 Å². The van der Waals surface area contributed by atoms with E-state index >= 15 is 0 Å². The van der Waals surface area contributed by atoms with Crippen LogP contribution in [0.3, 0.4) is 0 Å². The molecule has 0 fully saturated rings. The summed E-state index contributed by atoms with van der Waals surface area (Å²) in [6.45, 7) is 5.30. The summed E-state index contributed by atoms with van der Waals surface area (Å²) in [4.78, 5) is 32.3. The maximum absolute atomic E-state index is 12.2. The maximum Gasteiger partial charge on any atom is 0.328 e. The van der Waals surface area contributed by atoms with Gasteiger partial charge in [-0.1, -0.05) is 13.8 Å². The molecule has 0 saturated carbocycles. The number of amides is 2. The van der Waals surface area contributed by atoms with E-state index in [0.29, 0.717) is 17.0 Å². The fraction of sp³-hybridized carbons (Fsp3) is 0.316. The van der Waals surface area contributed by atoms with Gasteiger partial charge in [-0.05, 0) is 37.1 Å². The van der Waals surface area contributed by atoms with Crippen molar-refractivity contribution in [3.63, 3.8) is 0 Å². The van der Waals surface area contributed by atoms with E-state index in [9.17, 15) is 9.59 Å². The van der Waals surface area contributed by atoms with Crippen LogP contribution in [0.2, 0.25) is 0 Å². The standard InChI is InChI=1S/C19H24N6O4.ClH.2H2O/c1-10(2)15(17(26)28-4)24-19(27)25-18-22-11(3)9-14(23-18)29-13-7-5-12(6-8-13)16(20)21;;;/h5-10,15H,1-4H3,(H3,20,21)(H2,22,23,24,25,27);1H;2*1H2/t15-;;;/m1.../s1. The van der Waals surface area contributed by atoms with Crippen molar-refractivity contribution in [1.82, 2.24) is 15.3 Å². The lowest BCUT2D eigenvalue weighted by molar-refractivity contribution is -0.143. The highest BCUT2D eigenvalue weighted by Gasteiger charge is 2.25. The van der Waals surface area contributed by atoms with Crippen molar-refractivity contribution < 1.29 is 30.0 Å². The molecule has 0 spiro atoms. The lowest BCUT2D eigenvalue weighted by Gasteiger charge is -2.19. The lowest BCUT2D eigenvalue weighted by Crippen LogP contribution is -2.46. The van der Waals surface area contributed by atoms with Crippen molar-refractivity contribution in [2.24, 2.45) is 11.7 Å². The molecule has 2 aromatic rings. The first-order valence-corrected chi connectivity index (χ1v) is 8.83. The van der Waals surface area contributed by atoms with Crippen LogP contribution >= 0.6 is 12.4 Å². The smallest absolute Gasteiger partial charge is 0.328 e. The average Bonchev–Trinajstić information content (AvgIpc) is 2.65. The molecule has 178 valence electrons. The van der Waals surface area contributed by atoms with Gasteiger partial charge < -0.3 is 31.5 Å². The number of nitrogens with zero attached hydrogens (tertiary/aromatic N) is 2. The Morgan fingerprint density at radius 2 is 1.72 bits per heavy atom. The quantitative estimate of drug-likeness (QED) is 0.259. The molecule has 32 heavy (non-hydrogen) atoms. The van der Waals surface area contributed by atoms with Crippen molar-refractivity contribution in [2.45, 2.75) is 26.8 Å². The summed E-state index contributed by atoms with van der Waals surface area (Å²) in [7, 11) is 1.26. The molecule has 1 aromatic heterocycles. The highest BCUT2D eigenvalue weighted by atomic mass is 35.5. The molecule has 0 radical (unpaired) electrons. The molecule has 1 heterocycles. The Labute approximate surface area is 191 Å². The second-order valence-corrected chi connectivity index (χ2v) is 6.55. The first-order valence-electron chi connectivity index (χ1n) is 8.83. The second kappa shape index (κ2) is 13.7. The zero-order chi connectivity index (χ0) is 21.6. The third-order valence-corrected chi connectivity index (χ3v) is 3.85. The number of nitrogen functional groups attached to an aromatic ring is 1. The van der Waals surface area contributed by atoms with Crippen molar-refractivity contribution in [3.8, 4) is 11.6 Å². The number of carbonyl (C=O) groups is 2. The van der Waals surface area contributed by atoms with Crippen LogP contribution in [0.15, 0.2) is 30.3 Å². The highest BCUT2D eigenvalue weighted by molar-refractivity contribution is 5.95. The highest BCUT2D eigenvalue weighted by Crippen LogP contribution is 2.21. The van der Waals surface area contributed by atoms with Gasteiger partial charge in [-0.3, -0.25) is 10.7 Å². The summed E-state index contributed by atoms with van der Waals surface area (Å²) in [5.41, 5.74) is 6.57. The van der Waals surface area contributed by atoms with Gasteiger partial charge in [0.05, 0.1) is 7.11 Å². The Balaban J connectivity index is 0. The number of urea groups is 1. The van der Waals surface area contributed by atoms with E-state index in [1.165, 1.54) is 7.11 Å². The van der Waals surface area contributed by atoms with Crippen molar-refractivity contribution in [3.05, 3.63) is 41.6 Å². The normalized spacial score (nSPS) is 10.4. The molecule has 12 nitrogen and oxygen atoms in total. The van der Waals surface area contributed by atoms with Crippen LogP contribution in [-0.2, 0) is 9.53 Å². The number of hydrogen-bond donors (Lipinski definition) is 4. The third-order valence-electron chi connectivity index (χ3n) is 3.85. The largest absolute Gasteiger partial charge is 0.467 e. The topological polar surface area (TPSA) is 215 Å². The summed E-state index contributed by atoms with van der Waals surface area (Å²) in [5, 5.41) is 12.4. The number of carbonyl (C=O) groups excluding carboxylic acids is 2. The number of amidine groups is 1. The first-order chi connectivity index (χ1) is 13.7. The average molecular weight is 473 g/mol. The number of aromatic nitrogens is 2. The predicted octanol–water partition coefficient (Wildman–Crippen LogP) is 0.953. The van der Waals surface area contributed by atoms with Crippen LogP contribution in [0.4, 0.5) is 10.7 Å². The van der Waals surface area contributed by atoms with Crippen LogP contribution in [-0.4, -0.2) is 51.9 Å². The molecule has 0 saturated heterocycles. The molecule has 13 heteroatoms. The summed E-state index contributed by atoms with van der Waals surface area (Å²) in [6, 6.07) is 6.76. The number of benzene rings is 1. The summed E-state index contributed by atoms with van der Waals surface area (Å²) < 4.78 is 10.4. The maximum atomic E-state index is 12.2. The lowest BCUT2D eigenvalue weighted by atomic mass is 10.1. The van der Waals surface area contributed by atoms with Crippen LogP contribution < -0.4 is 21.1 Å². The number of methoxy groups -OCH3 is 1. The Morgan fingerprint density at radius 3 is 2.22 bits per heavy atom. The fourth-order valence-electron chi connectivity index (χ4n) is 2.37. The van der Waals surface area contributed by atoms with E-state index in [-0.39, 0.29) is 46.9 Å². The van der Waals surface area contributed by atoms with Gasteiger partial charge in [-0.25, -0.2) is 14.6 Å². The zero-order valence-corrected chi connectivity index (χ0v) is 18.9. The molecule has 0 unspecified atom stereocenters. The molecule has 1 aromatic carbocycles. The van der Waals surface area contributed by atoms with E-state index < -0.39 is 18.0 Å². The van der Waals surface area contributed by atoms with E-state index in [2.05, 4.69) is 20.6 Å². The van der Waals surface area contributed by atoms with Crippen molar-refractivity contribution in [2.75, 3.05) is 12.4 Å². The molecule has 9 N–H and O–H groups in total. The molecule has 1 atom stereocenters. The summed E-state index contributed by atoms with van der Waals surface area (Å²) in [6.07, 6.45) is 0. The number of rotatable bonds is 7. The number of nitrogens with two attached hydrogens (primary N) is 1. The Kier molecular flexibility index (Phi) is 13.2. The number of anilines is 1. The number of nitrogens with one attached hydrogen (secondary N) is 3. The minimum Gasteiger partial charge on any atom is -0.467 e. The summed E-state index contributed by atoms with van der Waals surface area (Å²) in [5.74, 6) is -0.0310. The predicted molar refractivity (Wildman–Crippen MR) is 122 cm³/mol.